The van der Waals surface area contributed by atoms with E-state index in [9.17, 15) is 4.79 Å². The Labute approximate surface area is 93.0 Å². The summed E-state index contributed by atoms with van der Waals surface area (Å²) in [5.74, 6) is 0. The number of anilines is 1. The molecular weight excluding hydrogens is 223 g/mol. The van der Waals surface area contributed by atoms with E-state index in [1.165, 1.54) is 4.90 Å². The first kappa shape index (κ1) is 11.1. The predicted octanol–water partition coefficient (Wildman–Crippen LogP) is 3.24. The lowest BCUT2D eigenvalue weighted by molar-refractivity contribution is 0.242. The number of hydrogen-bond acceptors (Lipinski definition) is 1. The van der Waals surface area contributed by atoms with Gasteiger partial charge in [-0.3, -0.25) is 4.90 Å². The highest BCUT2D eigenvalue weighted by molar-refractivity contribution is 6.42. The lowest BCUT2D eigenvalue weighted by Crippen LogP contribution is -2.34. The third-order valence-corrected chi connectivity index (χ3v) is 2.05. The van der Waals surface area contributed by atoms with Gasteiger partial charge in [-0.15, -0.1) is 3.94 Å². The minimum atomic E-state index is -0.456. The van der Waals surface area contributed by atoms with Gasteiger partial charge < -0.3 is 0 Å². The van der Waals surface area contributed by atoms with Crippen LogP contribution in [0.25, 0.3) is 0 Å². The standard InChI is InChI=1S/C9H10Cl2N2O/c1-2-12(9(14)13(10)11)8-6-4-3-5-7-8/h3-7H,2H2,1H3. The molecule has 0 saturated carbocycles. The first-order valence-corrected chi connectivity index (χ1v) is 4.82. The number of nitrogens with zero attached hydrogens (tertiary/aromatic N) is 2. The van der Waals surface area contributed by atoms with E-state index in [-0.39, 0.29) is 0 Å². The van der Waals surface area contributed by atoms with Crippen LogP contribution in [-0.2, 0) is 0 Å². The molecule has 0 bridgehead atoms. The SMILES string of the molecule is CCN(C(=O)N(Cl)Cl)c1ccccc1. The van der Waals surface area contributed by atoms with Gasteiger partial charge in [0, 0.05) is 35.8 Å². The molecule has 0 unspecified atom stereocenters. The number of benzene rings is 1. The molecule has 3 nitrogen and oxygen atoms in total. The van der Waals surface area contributed by atoms with Crippen LogP contribution < -0.4 is 4.90 Å². The molecule has 0 radical (unpaired) electrons. The third-order valence-electron chi connectivity index (χ3n) is 1.76. The minimum Gasteiger partial charge on any atom is -0.293 e. The van der Waals surface area contributed by atoms with Crippen LogP contribution in [-0.4, -0.2) is 16.5 Å². The molecule has 0 aliphatic heterocycles. The van der Waals surface area contributed by atoms with E-state index in [0.717, 1.165) is 5.69 Å². The van der Waals surface area contributed by atoms with Crippen LogP contribution in [0.4, 0.5) is 10.5 Å². The van der Waals surface area contributed by atoms with Crippen LogP contribution in [0.3, 0.4) is 0 Å². The summed E-state index contributed by atoms with van der Waals surface area (Å²) in [5, 5.41) is 0. The Bertz CT molecular complexity index is 303. The molecule has 2 amide bonds. The fourth-order valence-corrected chi connectivity index (χ4v) is 1.31. The molecule has 0 spiro atoms. The second-order valence-corrected chi connectivity index (χ2v) is 3.44. The van der Waals surface area contributed by atoms with Crippen molar-refractivity contribution >= 4 is 35.3 Å². The average Bonchev–Trinajstić information content (AvgIpc) is 2.20. The Kier molecular flexibility index (Phi) is 4.04. The van der Waals surface area contributed by atoms with E-state index in [1.807, 2.05) is 37.3 Å². The molecule has 0 atom stereocenters. The van der Waals surface area contributed by atoms with E-state index in [4.69, 9.17) is 23.6 Å². The lowest BCUT2D eigenvalue weighted by Gasteiger charge is -2.21. The fourth-order valence-electron chi connectivity index (χ4n) is 1.13. The number of rotatable bonds is 2. The summed E-state index contributed by atoms with van der Waals surface area (Å²) < 4.78 is 0.524. The molecule has 0 heterocycles. The highest BCUT2D eigenvalue weighted by atomic mass is 35.5. The zero-order chi connectivity index (χ0) is 10.6. The first-order valence-electron chi connectivity index (χ1n) is 4.15. The van der Waals surface area contributed by atoms with Crippen LogP contribution in [0, 0.1) is 0 Å². The van der Waals surface area contributed by atoms with Crippen molar-refractivity contribution in [3.05, 3.63) is 30.3 Å². The van der Waals surface area contributed by atoms with Gasteiger partial charge in [0.05, 0.1) is 0 Å². The average molecular weight is 233 g/mol. The van der Waals surface area contributed by atoms with Gasteiger partial charge in [-0.05, 0) is 19.1 Å². The Hall–Kier alpha value is -0.930. The molecule has 14 heavy (non-hydrogen) atoms. The summed E-state index contributed by atoms with van der Waals surface area (Å²) in [7, 11) is 0. The number of amides is 2. The van der Waals surface area contributed by atoms with Gasteiger partial charge in [0.2, 0.25) is 0 Å². The highest BCUT2D eigenvalue weighted by Gasteiger charge is 2.17. The van der Waals surface area contributed by atoms with Crippen LogP contribution in [0.2, 0.25) is 0 Å². The lowest BCUT2D eigenvalue weighted by atomic mass is 10.3. The third kappa shape index (κ3) is 2.53. The molecular formula is C9H10Cl2N2O. The number of para-hydroxylation sites is 1. The maximum absolute atomic E-state index is 11.5. The molecule has 0 fully saturated rings. The summed E-state index contributed by atoms with van der Waals surface area (Å²) in [6, 6.07) is 8.75. The summed E-state index contributed by atoms with van der Waals surface area (Å²) in [5.41, 5.74) is 0.770. The van der Waals surface area contributed by atoms with Crippen molar-refractivity contribution in [3.63, 3.8) is 0 Å². The van der Waals surface area contributed by atoms with Crippen LogP contribution in [0.5, 0.6) is 0 Å². The van der Waals surface area contributed by atoms with Crippen molar-refractivity contribution in [2.24, 2.45) is 0 Å². The molecule has 0 aromatic heterocycles. The van der Waals surface area contributed by atoms with Crippen molar-refractivity contribution in [2.75, 3.05) is 11.4 Å². The van der Waals surface area contributed by atoms with Gasteiger partial charge in [0.25, 0.3) is 0 Å². The van der Waals surface area contributed by atoms with Crippen molar-refractivity contribution < 1.29 is 4.79 Å². The Morgan fingerprint density at radius 3 is 2.29 bits per heavy atom. The van der Waals surface area contributed by atoms with Gasteiger partial charge in [-0.1, -0.05) is 18.2 Å². The van der Waals surface area contributed by atoms with Gasteiger partial charge in [-0.25, -0.2) is 4.79 Å². The van der Waals surface area contributed by atoms with Gasteiger partial charge >= 0.3 is 6.03 Å². The molecule has 1 aromatic rings. The van der Waals surface area contributed by atoms with E-state index in [0.29, 0.717) is 10.5 Å². The summed E-state index contributed by atoms with van der Waals surface area (Å²) >= 11 is 10.7. The molecule has 0 aliphatic carbocycles. The second-order valence-electron chi connectivity index (χ2n) is 2.60. The van der Waals surface area contributed by atoms with Crippen molar-refractivity contribution in [1.29, 1.82) is 0 Å². The summed E-state index contributed by atoms with van der Waals surface area (Å²) in [6.07, 6.45) is 0. The molecule has 1 aromatic carbocycles. The van der Waals surface area contributed by atoms with Crippen LogP contribution in [0.15, 0.2) is 30.3 Å². The molecule has 5 heteroatoms. The first-order chi connectivity index (χ1) is 6.66. The second kappa shape index (κ2) is 5.08. The summed E-state index contributed by atoms with van der Waals surface area (Å²) in [4.78, 5) is 12.9. The van der Waals surface area contributed by atoms with Crippen molar-refractivity contribution in [1.82, 2.24) is 3.94 Å². The highest BCUT2D eigenvalue weighted by Crippen LogP contribution is 2.16. The van der Waals surface area contributed by atoms with E-state index in [1.54, 1.807) is 0 Å². The number of hydrogen-bond donors (Lipinski definition) is 0. The largest absolute Gasteiger partial charge is 0.354 e. The molecule has 0 N–H and O–H groups in total. The number of urea groups is 1. The van der Waals surface area contributed by atoms with Crippen LogP contribution >= 0.6 is 23.6 Å². The molecule has 1 rings (SSSR count). The maximum Gasteiger partial charge on any atom is 0.354 e. The monoisotopic (exact) mass is 232 g/mol. The van der Waals surface area contributed by atoms with Crippen molar-refractivity contribution in [2.45, 2.75) is 6.92 Å². The topological polar surface area (TPSA) is 23.6 Å². The van der Waals surface area contributed by atoms with Crippen molar-refractivity contribution in [3.8, 4) is 0 Å². The molecule has 0 saturated heterocycles. The molecule has 0 aliphatic rings. The Morgan fingerprint density at radius 1 is 1.29 bits per heavy atom. The quantitative estimate of drug-likeness (QED) is 0.719. The zero-order valence-electron chi connectivity index (χ0n) is 7.65. The van der Waals surface area contributed by atoms with E-state index >= 15 is 0 Å². The summed E-state index contributed by atoms with van der Waals surface area (Å²) in [6.45, 7) is 2.36. The Balaban J connectivity index is 2.88. The predicted molar refractivity (Wildman–Crippen MR) is 58.4 cm³/mol. The van der Waals surface area contributed by atoms with Gasteiger partial charge in [-0.2, -0.15) is 0 Å². The van der Waals surface area contributed by atoms with Crippen LogP contribution in [0.1, 0.15) is 6.92 Å². The smallest absolute Gasteiger partial charge is 0.293 e. The number of carbonyl (C=O) groups excluding carboxylic acids is 1. The maximum atomic E-state index is 11.5. The van der Waals surface area contributed by atoms with Gasteiger partial charge in [0.1, 0.15) is 0 Å². The van der Waals surface area contributed by atoms with Gasteiger partial charge in [0.15, 0.2) is 0 Å². The Morgan fingerprint density at radius 2 is 1.86 bits per heavy atom. The van der Waals surface area contributed by atoms with E-state index < -0.39 is 6.03 Å². The normalized spacial score (nSPS) is 9.64. The zero-order valence-corrected chi connectivity index (χ0v) is 9.16. The number of halogens is 2. The molecule has 76 valence electrons. The minimum absolute atomic E-state index is 0.456. The number of carbonyl (C=O) groups is 1. The fraction of sp³-hybridized carbons (Fsp3) is 0.222. The van der Waals surface area contributed by atoms with E-state index in [2.05, 4.69) is 0 Å².